The summed E-state index contributed by atoms with van der Waals surface area (Å²) in [4.78, 5) is 0. The summed E-state index contributed by atoms with van der Waals surface area (Å²) in [5.41, 5.74) is 3.14. The molecular formula is C19H33N. The minimum atomic E-state index is 0.249. The third-order valence-corrected chi connectivity index (χ3v) is 4.09. The molecule has 0 spiro atoms. The van der Waals surface area contributed by atoms with Gasteiger partial charge in [-0.3, -0.25) is 0 Å². The first-order valence-electron chi connectivity index (χ1n) is 8.14. The second-order valence-corrected chi connectivity index (χ2v) is 7.36. The van der Waals surface area contributed by atoms with Gasteiger partial charge >= 0.3 is 0 Å². The summed E-state index contributed by atoms with van der Waals surface area (Å²) in [6.45, 7) is 16.0. The van der Waals surface area contributed by atoms with E-state index in [4.69, 9.17) is 0 Å². The summed E-state index contributed by atoms with van der Waals surface area (Å²) >= 11 is 0. The van der Waals surface area contributed by atoms with Gasteiger partial charge in [-0.05, 0) is 54.3 Å². The smallest absolute Gasteiger partial charge is 0.00149 e. The Hall–Kier alpha value is -0.820. The molecule has 0 radical (unpaired) electrons. The fraction of sp³-hybridized carbons (Fsp3) is 0.684. The predicted octanol–water partition coefficient (Wildman–Crippen LogP) is 4.80. The first-order chi connectivity index (χ1) is 9.34. The third-order valence-electron chi connectivity index (χ3n) is 4.09. The zero-order valence-electron chi connectivity index (χ0n) is 14.3. The molecule has 1 heteroatoms. The molecule has 20 heavy (non-hydrogen) atoms. The molecule has 0 aromatic heterocycles. The fourth-order valence-electron chi connectivity index (χ4n) is 2.45. The van der Waals surface area contributed by atoms with Crippen LogP contribution < -0.4 is 5.32 Å². The van der Waals surface area contributed by atoms with Crippen LogP contribution in [0.4, 0.5) is 0 Å². The van der Waals surface area contributed by atoms with E-state index in [0.717, 1.165) is 24.9 Å². The molecule has 1 rings (SSSR count). The average molecular weight is 275 g/mol. The summed E-state index contributed by atoms with van der Waals surface area (Å²) in [6, 6.07) is 9.23. The van der Waals surface area contributed by atoms with Crippen LogP contribution in [0, 0.1) is 11.8 Å². The van der Waals surface area contributed by atoms with Crippen molar-refractivity contribution in [2.45, 2.75) is 59.8 Å². The van der Waals surface area contributed by atoms with Crippen LogP contribution in [-0.4, -0.2) is 13.1 Å². The first-order valence-corrected chi connectivity index (χ1v) is 8.14. The molecule has 0 aliphatic carbocycles. The largest absolute Gasteiger partial charge is 0.316 e. The molecule has 0 saturated heterocycles. The molecule has 0 aliphatic rings. The Kier molecular flexibility index (Phi) is 6.75. The molecule has 0 fully saturated rings. The van der Waals surface area contributed by atoms with E-state index in [1.807, 2.05) is 0 Å². The average Bonchev–Trinajstić information content (AvgIpc) is 2.37. The Morgan fingerprint density at radius 2 is 1.65 bits per heavy atom. The Morgan fingerprint density at radius 1 is 1.05 bits per heavy atom. The van der Waals surface area contributed by atoms with E-state index in [9.17, 15) is 0 Å². The van der Waals surface area contributed by atoms with Crippen molar-refractivity contribution >= 4 is 0 Å². The van der Waals surface area contributed by atoms with Gasteiger partial charge in [0.25, 0.3) is 0 Å². The molecule has 0 heterocycles. The van der Waals surface area contributed by atoms with Gasteiger partial charge in [0.1, 0.15) is 0 Å². The molecule has 1 unspecified atom stereocenters. The van der Waals surface area contributed by atoms with E-state index in [1.165, 1.54) is 24.0 Å². The van der Waals surface area contributed by atoms with Crippen LogP contribution in [-0.2, 0) is 11.8 Å². The molecular weight excluding hydrogens is 242 g/mol. The van der Waals surface area contributed by atoms with Crippen LogP contribution in [0.3, 0.4) is 0 Å². The number of nitrogens with one attached hydrogen (secondary N) is 1. The lowest BCUT2D eigenvalue weighted by Crippen LogP contribution is -2.28. The van der Waals surface area contributed by atoms with E-state index in [1.54, 1.807) is 0 Å². The maximum Gasteiger partial charge on any atom is -0.00149 e. The lowest BCUT2D eigenvalue weighted by atomic mass is 9.84. The zero-order chi connectivity index (χ0) is 15.2. The zero-order valence-corrected chi connectivity index (χ0v) is 14.3. The Bertz CT molecular complexity index is 370. The summed E-state index contributed by atoms with van der Waals surface area (Å²) in [5.74, 6) is 1.45. The highest BCUT2D eigenvalue weighted by molar-refractivity contribution is 5.27. The van der Waals surface area contributed by atoms with Gasteiger partial charge in [-0.25, -0.2) is 0 Å². The van der Waals surface area contributed by atoms with E-state index < -0.39 is 0 Å². The van der Waals surface area contributed by atoms with E-state index in [2.05, 4.69) is 71.1 Å². The van der Waals surface area contributed by atoms with Gasteiger partial charge < -0.3 is 5.32 Å². The van der Waals surface area contributed by atoms with E-state index >= 15 is 0 Å². The fourth-order valence-corrected chi connectivity index (χ4v) is 2.45. The van der Waals surface area contributed by atoms with Gasteiger partial charge in [0.2, 0.25) is 0 Å². The van der Waals surface area contributed by atoms with Gasteiger partial charge in [-0.1, -0.05) is 65.8 Å². The van der Waals surface area contributed by atoms with Crippen molar-refractivity contribution in [3.63, 3.8) is 0 Å². The number of benzene rings is 1. The molecule has 1 aromatic rings. The van der Waals surface area contributed by atoms with Crippen LogP contribution in [0.5, 0.6) is 0 Å². The topological polar surface area (TPSA) is 12.0 Å². The minimum absolute atomic E-state index is 0.249. The van der Waals surface area contributed by atoms with Crippen LogP contribution in [0.2, 0.25) is 0 Å². The monoisotopic (exact) mass is 275 g/mol. The quantitative estimate of drug-likeness (QED) is 0.705. The van der Waals surface area contributed by atoms with Crippen molar-refractivity contribution in [3.05, 3.63) is 35.4 Å². The second kappa shape index (κ2) is 7.83. The van der Waals surface area contributed by atoms with Crippen LogP contribution >= 0.6 is 0 Å². The summed E-state index contributed by atoms with van der Waals surface area (Å²) in [7, 11) is 0. The lowest BCUT2D eigenvalue weighted by molar-refractivity contribution is 0.361. The predicted molar refractivity (Wildman–Crippen MR) is 90.3 cm³/mol. The van der Waals surface area contributed by atoms with Crippen molar-refractivity contribution in [2.24, 2.45) is 11.8 Å². The SMILES string of the molecule is CCCNCC(Cc1ccc(C(C)(C)C)cc1)C(C)C. The van der Waals surface area contributed by atoms with Crippen molar-refractivity contribution in [2.75, 3.05) is 13.1 Å². The highest BCUT2D eigenvalue weighted by Crippen LogP contribution is 2.24. The number of rotatable bonds is 7. The molecule has 0 amide bonds. The summed E-state index contributed by atoms with van der Waals surface area (Å²) < 4.78 is 0. The minimum Gasteiger partial charge on any atom is -0.316 e. The van der Waals surface area contributed by atoms with E-state index in [0.29, 0.717) is 0 Å². The first kappa shape index (κ1) is 17.2. The molecule has 0 aliphatic heterocycles. The molecule has 114 valence electrons. The van der Waals surface area contributed by atoms with Crippen molar-refractivity contribution in [1.82, 2.24) is 5.32 Å². The van der Waals surface area contributed by atoms with Gasteiger partial charge in [0.05, 0.1) is 0 Å². The van der Waals surface area contributed by atoms with Crippen LogP contribution in [0.1, 0.15) is 59.1 Å². The highest BCUT2D eigenvalue weighted by Gasteiger charge is 2.16. The van der Waals surface area contributed by atoms with Crippen molar-refractivity contribution < 1.29 is 0 Å². The van der Waals surface area contributed by atoms with Gasteiger partial charge in [0, 0.05) is 0 Å². The maximum absolute atomic E-state index is 3.57. The Labute approximate surface area is 126 Å². The molecule has 1 nitrogen and oxygen atoms in total. The lowest BCUT2D eigenvalue weighted by Gasteiger charge is -2.23. The molecule has 1 atom stereocenters. The Morgan fingerprint density at radius 3 is 2.10 bits per heavy atom. The van der Waals surface area contributed by atoms with Crippen molar-refractivity contribution in [1.29, 1.82) is 0 Å². The highest BCUT2D eigenvalue weighted by atomic mass is 14.9. The van der Waals surface area contributed by atoms with Gasteiger partial charge in [-0.2, -0.15) is 0 Å². The maximum atomic E-state index is 3.57. The Balaban J connectivity index is 2.64. The normalized spacial score (nSPS) is 13.8. The molecule has 0 bridgehead atoms. The van der Waals surface area contributed by atoms with Crippen molar-refractivity contribution in [3.8, 4) is 0 Å². The summed E-state index contributed by atoms with van der Waals surface area (Å²) in [5, 5.41) is 3.57. The molecule has 1 aromatic carbocycles. The number of hydrogen-bond acceptors (Lipinski definition) is 1. The second-order valence-electron chi connectivity index (χ2n) is 7.36. The van der Waals surface area contributed by atoms with E-state index in [-0.39, 0.29) is 5.41 Å². The standard InChI is InChI=1S/C19H33N/c1-7-12-20-14-17(15(2)3)13-16-8-10-18(11-9-16)19(4,5)6/h8-11,15,17,20H,7,12-14H2,1-6H3. The molecule has 0 saturated carbocycles. The van der Waals surface area contributed by atoms with Gasteiger partial charge in [-0.15, -0.1) is 0 Å². The third kappa shape index (κ3) is 5.66. The van der Waals surface area contributed by atoms with Gasteiger partial charge in [0.15, 0.2) is 0 Å². The molecule has 1 N–H and O–H groups in total. The van der Waals surface area contributed by atoms with Crippen LogP contribution in [0.25, 0.3) is 0 Å². The summed E-state index contributed by atoms with van der Waals surface area (Å²) in [6.07, 6.45) is 2.39. The number of hydrogen-bond donors (Lipinski definition) is 1. The van der Waals surface area contributed by atoms with Crippen LogP contribution in [0.15, 0.2) is 24.3 Å².